The quantitative estimate of drug-likeness (QED) is 0.154. The van der Waals surface area contributed by atoms with Crippen molar-refractivity contribution in [3.05, 3.63) is 142 Å². The molecule has 6 aromatic rings. The molecule has 0 saturated heterocycles. The maximum Gasteiger partial charge on any atom is 0.175 e. The molecular weight excluding hydrogens is 662 g/mol. The van der Waals surface area contributed by atoms with E-state index in [-0.39, 0.29) is 17.4 Å². The number of carbonyl (C=O) groups is 1. The minimum atomic E-state index is -1.26. The third-order valence-electron chi connectivity index (χ3n) is 8.21. The maximum absolute atomic E-state index is 15.2. The van der Waals surface area contributed by atoms with Crippen molar-refractivity contribution in [3.8, 4) is 0 Å². The van der Waals surface area contributed by atoms with Gasteiger partial charge in [-0.25, -0.2) is 8.78 Å². The zero-order valence-electron chi connectivity index (χ0n) is 23.1. The van der Waals surface area contributed by atoms with Crippen LogP contribution in [0.4, 0.5) is 8.78 Å². The van der Waals surface area contributed by atoms with Crippen LogP contribution in [0.1, 0.15) is 33.4 Å². The fraction of sp³-hybridized carbons (Fsp3) is 0.171. The molecule has 2 aromatic heterocycles. The molecule has 0 spiro atoms. The highest BCUT2D eigenvalue weighted by Gasteiger charge is 2.50. The molecule has 0 aliphatic carbocycles. The van der Waals surface area contributed by atoms with Crippen molar-refractivity contribution in [2.45, 2.75) is 35.3 Å². The summed E-state index contributed by atoms with van der Waals surface area (Å²) in [6.45, 7) is 4.08. The second kappa shape index (κ2) is 10.9. The van der Waals surface area contributed by atoms with Gasteiger partial charge in [0.25, 0.3) is 0 Å². The third kappa shape index (κ3) is 4.92. The van der Waals surface area contributed by atoms with E-state index in [4.69, 9.17) is 0 Å². The van der Waals surface area contributed by atoms with Gasteiger partial charge in [-0.2, -0.15) is 0 Å². The highest BCUT2D eigenvalue weighted by atomic mass is 79.9. The van der Waals surface area contributed by atoms with E-state index in [1.54, 1.807) is 24.3 Å². The predicted octanol–water partition coefficient (Wildman–Crippen LogP) is 9.48. The largest absolute Gasteiger partial charge is 0.361 e. The van der Waals surface area contributed by atoms with E-state index >= 15 is 4.79 Å². The van der Waals surface area contributed by atoms with Gasteiger partial charge in [0.2, 0.25) is 0 Å². The first-order valence-corrected chi connectivity index (χ1v) is 15.2. The van der Waals surface area contributed by atoms with Crippen molar-refractivity contribution in [3.63, 3.8) is 0 Å². The van der Waals surface area contributed by atoms with Gasteiger partial charge in [0, 0.05) is 47.0 Å². The van der Waals surface area contributed by atoms with Crippen LogP contribution in [0.25, 0.3) is 21.8 Å². The lowest BCUT2D eigenvalue weighted by Crippen LogP contribution is -2.45. The average Bonchev–Trinajstić information content (AvgIpc) is 3.58. The number of carbonyl (C=O) groups excluding carboxylic acids is 1. The Morgan fingerprint density at radius 1 is 0.643 bits per heavy atom. The van der Waals surface area contributed by atoms with Gasteiger partial charge in [0.05, 0.1) is 0 Å². The Kier molecular flexibility index (Phi) is 7.44. The van der Waals surface area contributed by atoms with Gasteiger partial charge in [-0.3, -0.25) is 4.79 Å². The van der Waals surface area contributed by atoms with Gasteiger partial charge >= 0.3 is 0 Å². The molecule has 0 saturated carbocycles. The van der Waals surface area contributed by atoms with E-state index < -0.39 is 8.65 Å². The number of benzene rings is 4. The first-order valence-electron chi connectivity index (χ1n) is 13.7. The van der Waals surface area contributed by atoms with Gasteiger partial charge in [-0.15, -0.1) is 0 Å². The van der Waals surface area contributed by atoms with E-state index in [1.807, 2.05) is 62.6 Å². The number of nitrogens with one attached hydrogen (secondary N) is 2. The molecule has 2 N–H and O–H groups in total. The van der Waals surface area contributed by atoms with Crippen LogP contribution in [-0.2, 0) is 26.3 Å². The van der Waals surface area contributed by atoms with Gasteiger partial charge in [0.1, 0.15) is 20.3 Å². The summed E-state index contributed by atoms with van der Waals surface area (Å²) < 4.78 is 25.7. The van der Waals surface area contributed by atoms with Crippen LogP contribution in [0.15, 0.2) is 97.3 Å². The number of hydrogen-bond acceptors (Lipinski definition) is 1. The molecule has 0 fully saturated rings. The Balaban J connectivity index is 1.53. The molecule has 42 heavy (non-hydrogen) atoms. The second-order valence-corrected chi connectivity index (χ2v) is 13.6. The number of rotatable bonds is 8. The summed E-state index contributed by atoms with van der Waals surface area (Å²) in [5, 5.41) is 2.03. The molecule has 2 unspecified atom stereocenters. The molecule has 212 valence electrons. The van der Waals surface area contributed by atoms with E-state index in [0.717, 1.165) is 44.1 Å². The summed E-state index contributed by atoms with van der Waals surface area (Å²) in [6, 6.07) is 24.2. The molecule has 0 aliphatic heterocycles. The number of aromatic nitrogens is 2. The number of para-hydroxylation sites is 2. The summed E-state index contributed by atoms with van der Waals surface area (Å²) in [7, 11) is 0. The number of aromatic amines is 2. The van der Waals surface area contributed by atoms with Gasteiger partial charge < -0.3 is 9.97 Å². The Labute approximate surface area is 259 Å². The number of aryl methyl sites for hydroxylation is 2. The normalized spacial score (nSPS) is 14.6. The molecular formula is C35H28Br2F2N2O. The third-order valence-corrected chi connectivity index (χ3v) is 10.4. The van der Waals surface area contributed by atoms with Crippen molar-refractivity contribution >= 4 is 59.4 Å². The monoisotopic (exact) mass is 688 g/mol. The van der Waals surface area contributed by atoms with E-state index in [2.05, 4.69) is 41.8 Å². The van der Waals surface area contributed by atoms with E-state index in [1.165, 1.54) is 24.3 Å². The van der Waals surface area contributed by atoms with Crippen molar-refractivity contribution < 1.29 is 13.6 Å². The molecule has 0 radical (unpaired) electrons. The summed E-state index contributed by atoms with van der Waals surface area (Å²) >= 11 is 7.85. The highest BCUT2D eigenvalue weighted by Crippen LogP contribution is 2.49. The van der Waals surface area contributed by atoms with Crippen LogP contribution in [0, 0.1) is 25.5 Å². The molecule has 4 aromatic carbocycles. The Bertz CT molecular complexity index is 1790. The lowest BCUT2D eigenvalue weighted by Gasteiger charge is -2.36. The van der Waals surface area contributed by atoms with Crippen LogP contribution in [0.5, 0.6) is 0 Å². The minimum Gasteiger partial charge on any atom is -0.361 e. The molecule has 0 bridgehead atoms. The lowest BCUT2D eigenvalue weighted by molar-refractivity contribution is -0.123. The Morgan fingerprint density at radius 2 is 1.02 bits per heavy atom. The van der Waals surface area contributed by atoms with Crippen molar-refractivity contribution in [1.29, 1.82) is 0 Å². The molecule has 6 rings (SSSR count). The standard InChI is InChI=1S/C35H28Br2F2N2O/c1-21-5-3-7-29-23(19-40-31(21)29)17-34(36,25-9-13-27(38)14-10-25)33(42)35(37,26-11-15-28(39)16-12-26)18-24-20-41-32-22(2)6-4-8-30(24)32/h3-16,19-20,40-41H,17-18H2,1-2H3. The number of Topliss-reactive ketones (excluding diaryl/α,β-unsaturated/α-hetero) is 1. The fourth-order valence-electron chi connectivity index (χ4n) is 5.91. The predicted molar refractivity (Wildman–Crippen MR) is 172 cm³/mol. The molecule has 7 heteroatoms. The summed E-state index contributed by atoms with van der Waals surface area (Å²) in [6.07, 6.45) is 4.45. The van der Waals surface area contributed by atoms with Gasteiger partial charge in [-0.05, 0) is 71.5 Å². The zero-order valence-corrected chi connectivity index (χ0v) is 26.2. The topological polar surface area (TPSA) is 48.6 Å². The summed E-state index contributed by atoms with van der Waals surface area (Å²) in [4.78, 5) is 21.9. The second-order valence-electron chi connectivity index (χ2n) is 10.9. The number of ketones is 1. The summed E-state index contributed by atoms with van der Waals surface area (Å²) in [5.41, 5.74) is 7.34. The number of H-pyrrole nitrogens is 2. The average molecular weight is 690 g/mol. The van der Waals surface area contributed by atoms with Crippen molar-refractivity contribution in [2.75, 3.05) is 0 Å². The minimum absolute atomic E-state index is 0.183. The summed E-state index contributed by atoms with van der Waals surface area (Å²) in [5.74, 6) is -0.958. The zero-order chi connectivity index (χ0) is 29.6. The maximum atomic E-state index is 15.2. The first kappa shape index (κ1) is 28.6. The number of hydrogen-bond donors (Lipinski definition) is 2. The SMILES string of the molecule is Cc1cccc2c(CC(Br)(C(=O)C(Br)(Cc3c[nH]c4c(C)cccc34)c3ccc(F)cc3)c3ccc(F)cc3)c[nH]c12. The van der Waals surface area contributed by atoms with Crippen molar-refractivity contribution in [1.82, 2.24) is 9.97 Å². The van der Waals surface area contributed by atoms with E-state index in [9.17, 15) is 8.78 Å². The fourth-order valence-corrected chi connectivity index (χ4v) is 7.99. The van der Waals surface area contributed by atoms with Crippen LogP contribution in [0.3, 0.4) is 0 Å². The Morgan fingerprint density at radius 3 is 1.40 bits per heavy atom. The van der Waals surface area contributed by atoms with Gasteiger partial charge in [-0.1, -0.05) is 92.5 Å². The molecule has 0 aliphatic rings. The van der Waals surface area contributed by atoms with Crippen LogP contribution in [-0.4, -0.2) is 15.8 Å². The highest BCUT2D eigenvalue weighted by molar-refractivity contribution is 9.10. The van der Waals surface area contributed by atoms with Crippen LogP contribution >= 0.6 is 31.9 Å². The lowest BCUT2D eigenvalue weighted by atomic mass is 9.77. The van der Waals surface area contributed by atoms with E-state index in [0.29, 0.717) is 24.0 Å². The molecule has 3 nitrogen and oxygen atoms in total. The number of alkyl halides is 2. The molecule has 0 amide bonds. The smallest absolute Gasteiger partial charge is 0.175 e. The number of halogens is 4. The van der Waals surface area contributed by atoms with Crippen LogP contribution < -0.4 is 0 Å². The Hall–Kier alpha value is -3.55. The van der Waals surface area contributed by atoms with Gasteiger partial charge in [0.15, 0.2) is 5.78 Å². The van der Waals surface area contributed by atoms with Crippen LogP contribution in [0.2, 0.25) is 0 Å². The number of fused-ring (bicyclic) bond motifs is 2. The molecule has 2 heterocycles. The van der Waals surface area contributed by atoms with Crippen molar-refractivity contribution in [2.24, 2.45) is 0 Å². The molecule has 2 atom stereocenters. The first-order chi connectivity index (χ1) is 20.1.